The van der Waals surface area contributed by atoms with Crippen LogP contribution in [0.4, 0.5) is 5.69 Å². The predicted molar refractivity (Wildman–Crippen MR) is 102 cm³/mol. The minimum absolute atomic E-state index is 0.0688. The summed E-state index contributed by atoms with van der Waals surface area (Å²) in [6, 6.07) is 11.8. The smallest absolute Gasteiger partial charge is 0.261 e. The molecule has 2 aromatic carbocycles. The molecule has 0 aromatic heterocycles. The first-order chi connectivity index (χ1) is 12.3. The third kappa shape index (κ3) is 4.23. The second-order valence-corrected chi connectivity index (χ2v) is 8.30. The van der Waals surface area contributed by atoms with Gasteiger partial charge in [0.15, 0.2) is 0 Å². The largest absolute Gasteiger partial charge is 0.348 e. The summed E-state index contributed by atoms with van der Waals surface area (Å²) >= 11 is 0. The van der Waals surface area contributed by atoms with Gasteiger partial charge in [0.25, 0.3) is 15.9 Å². The van der Waals surface area contributed by atoms with Crippen molar-refractivity contribution in [3.8, 4) is 0 Å². The Balaban J connectivity index is 1.84. The molecule has 1 atom stereocenters. The molecule has 0 aliphatic carbocycles. The van der Waals surface area contributed by atoms with E-state index in [0.29, 0.717) is 11.3 Å². The summed E-state index contributed by atoms with van der Waals surface area (Å²) in [5.41, 5.74) is 2.57. The number of hydrogen-bond acceptors (Lipinski definition) is 4. The fraction of sp³-hybridized carbons (Fsp3) is 0.316. The van der Waals surface area contributed by atoms with Crippen molar-refractivity contribution in [1.82, 2.24) is 10.6 Å². The van der Waals surface area contributed by atoms with Crippen LogP contribution in [-0.2, 0) is 10.0 Å². The molecule has 3 rings (SSSR count). The number of hydrogen-bond donors (Lipinski definition) is 3. The molecule has 1 aliphatic heterocycles. The maximum absolute atomic E-state index is 12.7. The molecule has 6 nitrogen and oxygen atoms in total. The summed E-state index contributed by atoms with van der Waals surface area (Å²) in [5.74, 6) is -0.246. The Morgan fingerprint density at radius 1 is 1.15 bits per heavy atom. The number of anilines is 1. The first kappa shape index (κ1) is 18.4. The maximum atomic E-state index is 12.7. The standard InChI is InChI=1S/C19H23N3O3S/c1-13-4-3-5-15(10-13)22-26(24,25)17-7-6-14(2)18(11-17)19(23)21-16-8-9-20-12-16/h3-7,10-11,16,20,22H,8-9,12H2,1-2H3,(H,21,23). The number of aryl methyl sites for hydroxylation is 2. The highest BCUT2D eigenvalue weighted by Crippen LogP contribution is 2.20. The van der Waals surface area contributed by atoms with Crippen LogP contribution in [0.25, 0.3) is 0 Å². The Morgan fingerprint density at radius 2 is 1.96 bits per heavy atom. The zero-order valence-electron chi connectivity index (χ0n) is 14.9. The quantitative estimate of drug-likeness (QED) is 0.750. The highest BCUT2D eigenvalue weighted by atomic mass is 32.2. The van der Waals surface area contributed by atoms with E-state index in [9.17, 15) is 13.2 Å². The Morgan fingerprint density at radius 3 is 2.65 bits per heavy atom. The van der Waals surface area contributed by atoms with Crippen LogP contribution in [0.1, 0.15) is 27.9 Å². The second kappa shape index (κ2) is 7.47. The van der Waals surface area contributed by atoms with Gasteiger partial charge in [-0.25, -0.2) is 8.42 Å². The molecule has 7 heteroatoms. The fourth-order valence-corrected chi connectivity index (χ4v) is 4.05. The number of nitrogens with one attached hydrogen (secondary N) is 3. The lowest BCUT2D eigenvalue weighted by Crippen LogP contribution is -2.36. The highest BCUT2D eigenvalue weighted by molar-refractivity contribution is 7.92. The van der Waals surface area contributed by atoms with Gasteiger partial charge >= 0.3 is 0 Å². The van der Waals surface area contributed by atoms with Gasteiger partial charge in [-0.1, -0.05) is 18.2 Å². The number of rotatable bonds is 5. The first-order valence-electron chi connectivity index (χ1n) is 8.57. The van der Waals surface area contributed by atoms with Crippen molar-refractivity contribution in [3.05, 3.63) is 59.2 Å². The van der Waals surface area contributed by atoms with Crippen molar-refractivity contribution in [2.45, 2.75) is 31.2 Å². The van der Waals surface area contributed by atoms with Crippen LogP contribution in [0.3, 0.4) is 0 Å². The van der Waals surface area contributed by atoms with E-state index in [4.69, 9.17) is 0 Å². The van der Waals surface area contributed by atoms with E-state index in [0.717, 1.165) is 30.6 Å². The molecule has 1 heterocycles. The normalized spacial score (nSPS) is 17.1. The van der Waals surface area contributed by atoms with E-state index in [1.54, 1.807) is 31.2 Å². The molecule has 1 aliphatic rings. The summed E-state index contributed by atoms with van der Waals surface area (Å²) in [4.78, 5) is 12.6. The number of amides is 1. The lowest BCUT2D eigenvalue weighted by atomic mass is 10.1. The topological polar surface area (TPSA) is 87.3 Å². The summed E-state index contributed by atoms with van der Waals surface area (Å²) in [5, 5.41) is 6.15. The number of benzene rings is 2. The summed E-state index contributed by atoms with van der Waals surface area (Å²) in [6.45, 7) is 5.30. The van der Waals surface area contributed by atoms with Crippen LogP contribution < -0.4 is 15.4 Å². The van der Waals surface area contributed by atoms with Crippen molar-refractivity contribution in [3.63, 3.8) is 0 Å². The van der Waals surface area contributed by atoms with Gasteiger partial charge in [-0.05, 0) is 62.2 Å². The van der Waals surface area contributed by atoms with Crippen molar-refractivity contribution < 1.29 is 13.2 Å². The predicted octanol–water partition coefficient (Wildman–Crippen LogP) is 2.20. The lowest BCUT2D eigenvalue weighted by molar-refractivity contribution is 0.0939. The zero-order chi connectivity index (χ0) is 18.7. The number of sulfonamides is 1. The third-order valence-corrected chi connectivity index (χ3v) is 5.81. The number of carbonyl (C=O) groups excluding carboxylic acids is 1. The average molecular weight is 373 g/mol. The Labute approximate surface area is 154 Å². The van der Waals surface area contributed by atoms with E-state index < -0.39 is 10.0 Å². The molecule has 1 unspecified atom stereocenters. The van der Waals surface area contributed by atoms with E-state index >= 15 is 0 Å². The maximum Gasteiger partial charge on any atom is 0.261 e. The van der Waals surface area contributed by atoms with E-state index in [2.05, 4.69) is 15.4 Å². The van der Waals surface area contributed by atoms with Crippen LogP contribution in [0.5, 0.6) is 0 Å². The summed E-state index contributed by atoms with van der Waals surface area (Å²) < 4.78 is 27.9. The molecule has 0 bridgehead atoms. The van der Waals surface area contributed by atoms with Crippen LogP contribution in [0, 0.1) is 13.8 Å². The van der Waals surface area contributed by atoms with Crippen molar-refractivity contribution >= 4 is 21.6 Å². The van der Waals surface area contributed by atoms with Gasteiger partial charge in [-0.2, -0.15) is 0 Å². The van der Waals surface area contributed by atoms with E-state index in [1.165, 1.54) is 12.1 Å². The van der Waals surface area contributed by atoms with Crippen molar-refractivity contribution in [2.75, 3.05) is 17.8 Å². The minimum Gasteiger partial charge on any atom is -0.348 e. The molecule has 26 heavy (non-hydrogen) atoms. The van der Waals surface area contributed by atoms with E-state index in [-0.39, 0.29) is 16.8 Å². The average Bonchev–Trinajstić information content (AvgIpc) is 3.07. The molecule has 2 aromatic rings. The molecule has 1 saturated heterocycles. The third-order valence-electron chi connectivity index (χ3n) is 4.43. The van der Waals surface area contributed by atoms with Gasteiger partial charge in [-0.15, -0.1) is 0 Å². The van der Waals surface area contributed by atoms with Gasteiger partial charge in [0, 0.05) is 23.8 Å². The van der Waals surface area contributed by atoms with Gasteiger partial charge in [0.1, 0.15) is 0 Å². The Hall–Kier alpha value is -2.38. The SMILES string of the molecule is Cc1cccc(NS(=O)(=O)c2ccc(C)c(C(=O)NC3CCNC3)c2)c1. The van der Waals surface area contributed by atoms with Gasteiger partial charge < -0.3 is 10.6 Å². The van der Waals surface area contributed by atoms with Gasteiger partial charge in [0.05, 0.1) is 4.90 Å². The van der Waals surface area contributed by atoms with Crippen LogP contribution >= 0.6 is 0 Å². The number of carbonyl (C=O) groups is 1. The molecule has 0 radical (unpaired) electrons. The minimum atomic E-state index is -3.77. The van der Waals surface area contributed by atoms with Gasteiger partial charge in [0.2, 0.25) is 0 Å². The molecule has 3 N–H and O–H groups in total. The van der Waals surface area contributed by atoms with Crippen LogP contribution in [0.15, 0.2) is 47.4 Å². The Kier molecular flexibility index (Phi) is 5.29. The fourth-order valence-electron chi connectivity index (χ4n) is 2.98. The van der Waals surface area contributed by atoms with Crippen molar-refractivity contribution in [2.24, 2.45) is 0 Å². The molecule has 0 spiro atoms. The Bertz CT molecular complexity index is 919. The van der Waals surface area contributed by atoms with Crippen molar-refractivity contribution in [1.29, 1.82) is 0 Å². The monoisotopic (exact) mass is 373 g/mol. The second-order valence-electron chi connectivity index (χ2n) is 6.61. The molecule has 1 amide bonds. The zero-order valence-corrected chi connectivity index (χ0v) is 15.7. The highest BCUT2D eigenvalue weighted by Gasteiger charge is 2.21. The summed E-state index contributed by atoms with van der Waals surface area (Å²) in [6.07, 6.45) is 0.873. The molecular formula is C19H23N3O3S. The molecule has 1 fully saturated rings. The molecule has 0 saturated carbocycles. The van der Waals surface area contributed by atoms with E-state index in [1.807, 2.05) is 13.0 Å². The van der Waals surface area contributed by atoms with Gasteiger partial charge in [-0.3, -0.25) is 9.52 Å². The van der Waals surface area contributed by atoms with Crippen LogP contribution in [0.2, 0.25) is 0 Å². The molecular weight excluding hydrogens is 350 g/mol. The molecule has 138 valence electrons. The summed E-state index contributed by atoms with van der Waals surface area (Å²) in [7, 11) is -3.77. The first-order valence-corrected chi connectivity index (χ1v) is 10.1. The lowest BCUT2D eigenvalue weighted by Gasteiger charge is -2.14. The van der Waals surface area contributed by atoms with Crippen LogP contribution in [-0.4, -0.2) is 33.5 Å².